The average Bonchev–Trinajstić information content (AvgIpc) is 3.20. The highest BCUT2D eigenvalue weighted by Crippen LogP contribution is 2.32. The van der Waals surface area contributed by atoms with Crippen LogP contribution in [0.5, 0.6) is 5.75 Å². The van der Waals surface area contributed by atoms with Gasteiger partial charge in [0.1, 0.15) is 10.9 Å². The van der Waals surface area contributed by atoms with Crippen LogP contribution >= 0.6 is 34.7 Å². The first-order chi connectivity index (χ1) is 14.2. The molecule has 4 aromatic rings. The Morgan fingerprint density at radius 1 is 1.10 bits per heavy atom. The number of fused-ring (bicyclic) bond motifs is 1. The van der Waals surface area contributed by atoms with E-state index in [2.05, 4.69) is 50.8 Å². The highest BCUT2D eigenvalue weighted by molar-refractivity contribution is 8.00. The van der Waals surface area contributed by atoms with Gasteiger partial charge in [0.05, 0.1) is 12.6 Å². The summed E-state index contributed by atoms with van der Waals surface area (Å²) in [4.78, 5) is 4.50. The van der Waals surface area contributed by atoms with Crippen molar-refractivity contribution in [1.82, 2.24) is 15.2 Å². The summed E-state index contributed by atoms with van der Waals surface area (Å²) < 4.78 is 6.15. The number of ether oxygens (including phenoxy) is 1. The Morgan fingerprint density at radius 3 is 2.79 bits per heavy atom. The summed E-state index contributed by atoms with van der Waals surface area (Å²) in [5.74, 6) is 1.45. The fourth-order valence-corrected chi connectivity index (χ4v) is 4.87. The molecule has 0 fully saturated rings. The van der Waals surface area contributed by atoms with Crippen molar-refractivity contribution in [3.63, 3.8) is 0 Å². The minimum Gasteiger partial charge on any atom is -0.497 e. The Hall–Kier alpha value is -2.35. The van der Waals surface area contributed by atoms with Gasteiger partial charge < -0.3 is 10.1 Å². The van der Waals surface area contributed by atoms with Crippen LogP contribution < -0.4 is 10.1 Å². The summed E-state index contributed by atoms with van der Waals surface area (Å²) in [7, 11) is 1.64. The van der Waals surface area contributed by atoms with Crippen LogP contribution in [0, 0.1) is 0 Å². The summed E-state index contributed by atoms with van der Waals surface area (Å²) in [6.45, 7) is 0.827. The predicted octanol–water partition coefficient (Wildman–Crippen LogP) is 5.70. The Labute approximate surface area is 182 Å². The number of thioether (sulfide) groups is 1. The lowest BCUT2D eigenvalue weighted by Crippen LogP contribution is -2.04. The quantitative estimate of drug-likeness (QED) is 0.279. The molecule has 8 heteroatoms. The number of benzene rings is 2. The monoisotopic (exact) mass is 442 g/mol. The van der Waals surface area contributed by atoms with Gasteiger partial charge in [-0.1, -0.05) is 65.0 Å². The van der Waals surface area contributed by atoms with Gasteiger partial charge in [-0.15, -0.1) is 10.2 Å². The van der Waals surface area contributed by atoms with Crippen molar-refractivity contribution in [1.29, 1.82) is 0 Å². The van der Waals surface area contributed by atoms with Gasteiger partial charge in [-0.25, -0.2) is 4.98 Å². The zero-order valence-corrected chi connectivity index (χ0v) is 18.2. The van der Waals surface area contributed by atoms with Crippen molar-refractivity contribution in [2.75, 3.05) is 19.0 Å². The van der Waals surface area contributed by atoms with E-state index in [-0.39, 0.29) is 0 Å². The summed E-state index contributed by atoms with van der Waals surface area (Å²) in [6.07, 6.45) is 0.950. The zero-order valence-electron chi connectivity index (χ0n) is 15.8. The van der Waals surface area contributed by atoms with Crippen molar-refractivity contribution >= 4 is 50.7 Å². The van der Waals surface area contributed by atoms with Crippen LogP contribution in [0.3, 0.4) is 0 Å². The molecule has 0 bridgehead atoms. The van der Waals surface area contributed by atoms with Gasteiger partial charge >= 0.3 is 0 Å². The number of methoxy groups -OCH3 is 1. The van der Waals surface area contributed by atoms with E-state index in [0.29, 0.717) is 10.9 Å². The molecule has 0 radical (unpaired) electrons. The molecule has 5 nitrogen and oxygen atoms in total. The van der Waals surface area contributed by atoms with Crippen molar-refractivity contribution < 1.29 is 4.74 Å². The number of pyridine rings is 1. The summed E-state index contributed by atoms with van der Waals surface area (Å²) in [5, 5.41) is 14.2. The van der Waals surface area contributed by atoms with Crippen LogP contribution in [-0.2, 0) is 12.2 Å². The Bertz CT molecular complexity index is 1100. The molecule has 2 heterocycles. The van der Waals surface area contributed by atoms with Crippen LogP contribution in [0.4, 0.5) is 5.13 Å². The number of aromatic nitrogens is 3. The van der Waals surface area contributed by atoms with Gasteiger partial charge in [-0.05, 0) is 30.2 Å². The predicted molar refractivity (Wildman–Crippen MR) is 121 cm³/mol. The number of anilines is 1. The highest BCUT2D eigenvalue weighted by Gasteiger charge is 2.10. The number of nitrogens with one attached hydrogen (secondary N) is 1. The normalized spacial score (nSPS) is 11.0. The number of rotatable bonds is 8. The molecular formula is C21H19ClN4OS2. The molecular weight excluding hydrogens is 424 g/mol. The van der Waals surface area contributed by atoms with Crippen LogP contribution in [-0.4, -0.2) is 28.8 Å². The lowest BCUT2D eigenvalue weighted by atomic mass is 10.1. The Morgan fingerprint density at radius 2 is 1.97 bits per heavy atom. The lowest BCUT2D eigenvalue weighted by Gasteiger charge is -2.06. The van der Waals surface area contributed by atoms with E-state index in [0.717, 1.165) is 44.7 Å². The van der Waals surface area contributed by atoms with Gasteiger partial charge in [0.15, 0.2) is 4.34 Å². The second kappa shape index (κ2) is 9.43. The van der Waals surface area contributed by atoms with Crippen molar-refractivity contribution in [2.45, 2.75) is 16.5 Å². The maximum absolute atomic E-state index is 6.39. The maximum atomic E-state index is 6.39. The molecule has 0 saturated carbocycles. The van der Waals surface area contributed by atoms with Gasteiger partial charge in [0.25, 0.3) is 0 Å². The smallest absolute Gasteiger partial charge is 0.206 e. The minimum absolute atomic E-state index is 0.504. The molecule has 2 aromatic carbocycles. The molecule has 1 N–H and O–H groups in total. The van der Waals surface area contributed by atoms with Crippen molar-refractivity contribution in [3.8, 4) is 5.75 Å². The molecule has 0 aliphatic rings. The third kappa shape index (κ3) is 5.18. The van der Waals surface area contributed by atoms with Crippen molar-refractivity contribution in [3.05, 3.63) is 70.9 Å². The number of hydrogen-bond acceptors (Lipinski definition) is 7. The van der Waals surface area contributed by atoms with Gasteiger partial charge in [0, 0.05) is 29.3 Å². The van der Waals surface area contributed by atoms with E-state index in [4.69, 9.17) is 16.3 Å². The topological polar surface area (TPSA) is 59.9 Å². The van der Waals surface area contributed by atoms with E-state index in [1.807, 2.05) is 24.3 Å². The summed E-state index contributed by atoms with van der Waals surface area (Å²) in [6, 6.07) is 18.3. The molecule has 0 atom stereocenters. The van der Waals surface area contributed by atoms with E-state index in [1.54, 1.807) is 30.2 Å². The van der Waals surface area contributed by atoms with Crippen LogP contribution in [0.1, 0.15) is 11.1 Å². The molecule has 4 rings (SSSR count). The molecule has 0 aliphatic heterocycles. The third-order valence-electron chi connectivity index (χ3n) is 4.34. The third-order valence-corrected chi connectivity index (χ3v) is 6.73. The molecule has 0 unspecified atom stereocenters. The molecule has 148 valence electrons. The molecule has 0 amide bonds. The minimum atomic E-state index is 0.504. The van der Waals surface area contributed by atoms with Crippen LogP contribution in [0.2, 0.25) is 5.15 Å². The molecule has 0 aliphatic carbocycles. The molecule has 2 aromatic heterocycles. The largest absolute Gasteiger partial charge is 0.497 e. The zero-order chi connectivity index (χ0) is 20.1. The first-order valence-electron chi connectivity index (χ1n) is 9.08. The lowest BCUT2D eigenvalue weighted by molar-refractivity contribution is 0.415. The van der Waals surface area contributed by atoms with Gasteiger partial charge in [-0.2, -0.15) is 0 Å². The van der Waals surface area contributed by atoms with Crippen LogP contribution in [0.15, 0.2) is 58.9 Å². The first kappa shape index (κ1) is 19.9. The van der Waals surface area contributed by atoms with Crippen molar-refractivity contribution in [2.24, 2.45) is 0 Å². The number of halogens is 1. The Balaban J connectivity index is 1.35. The second-order valence-corrected chi connectivity index (χ2v) is 8.88. The summed E-state index contributed by atoms with van der Waals surface area (Å²) >= 11 is 9.55. The SMILES string of the molecule is COc1ccc2cc(CSc3nnc(NCCc4ccccc4)s3)c(Cl)nc2c1. The average molecular weight is 443 g/mol. The van der Waals surface area contributed by atoms with Crippen LogP contribution in [0.25, 0.3) is 10.9 Å². The molecule has 0 saturated heterocycles. The van der Waals surface area contributed by atoms with E-state index >= 15 is 0 Å². The molecule has 29 heavy (non-hydrogen) atoms. The fourth-order valence-electron chi connectivity index (χ4n) is 2.83. The second-order valence-electron chi connectivity index (χ2n) is 6.32. The highest BCUT2D eigenvalue weighted by atomic mass is 35.5. The number of hydrogen-bond donors (Lipinski definition) is 1. The standard InChI is InChI=1S/C21H19ClN4OS2/c1-27-17-8-7-15-11-16(19(22)24-18(15)12-17)13-28-21-26-25-20(29-21)23-10-9-14-5-3-2-4-6-14/h2-8,11-12H,9-10,13H2,1H3,(H,23,25). The molecule has 0 spiro atoms. The maximum Gasteiger partial charge on any atom is 0.206 e. The van der Waals surface area contributed by atoms with E-state index in [1.165, 1.54) is 5.56 Å². The number of nitrogens with zero attached hydrogens (tertiary/aromatic N) is 3. The Kier molecular flexibility index (Phi) is 6.49. The van der Waals surface area contributed by atoms with E-state index < -0.39 is 0 Å². The van der Waals surface area contributed by atoms with E-state index in [9.17, 15) is 0 Å². The van der Waals surface area contributed by atoms with Gasteiger partial charge in [0.2, 0.25) is 5.13 Å². The fraction of sp³-hybridized carbons (Fsp3) is 0.190. The first-order valence-corrected chi connectivity index (χ1v) is 11.3. The van der Waals surface area contributed by atoms with Gasteiger partial charge in [-0.3, -0.25) is 0 Å². The summed E-state index contributed by atoms with van der Waals surface area (Å²) in [5.41, 5.74) is 3.10.